The van der Waals surface area contributed by atoms with Crippen molar-refractivity contribution in [1.29, 1.82) is 0 Å². The fourth-order valence-corrected chi connectivity index (χ4v) is 1.57. The van der Waals surface area contributed by atoms with Gasteiger partial charge in [0.05, 0.1) is 0 Å². The molecule has 0 radical (unpaired) electrons. The summed E-state index contributed by atoms with van der Waals surface area (Å²) < 4.78 is 5.59. The fourth-order valence-electron chi connectivity index (χ4n) is 1.57. The first-order valence-corrected chi connectivity index (χ1v) is 5.69. The van der Waals surface area contributed by atoms with Gasteiger partial charge in [-0.2, -0.15) is 0 Å². The van der Waals surface area contributed by atoms with Crippen LogP contribution in [-0.2, 0) is 6.42 Å². The van der Waals surface area contributed by atoms with Gasteiger partial charge < -0.3 is 9.73 Å². The number of rotatable bonds is 5. The van der Waals surface area contributed by atoms with Crippen LogP contribution in [0.5, 0.6) is 0 Å². The van der Waals surface area contributed by atoms with E-state index in [-0.39, 0.29) is 0 Å². The second-order valence-electron chi connectivity index (χ2n) is 3.89. The zero-order chi connectivity index (χ0) is 12.1. The zero-order valence-electron chi connectivity index (χ0n) is 10.1. The minimum absolute atomic E-state index is 0.565. The van der Waals surface area contributed by atoms with Crippen molar-refractivity contribution < 1.29 is 4.42 Å². The Bertz CT molecular complexity index is 481. The SMILES string of the molecule is CNCCCc1nnc(-c2ccnc(C)c2)o1. The number of nitrogens with one attached hydrogen (secondary N) is 1. The van der Waals surface area contributed by atoms with Gasteiger partial charge in [0, 0.05) is 23.9 Å². The predicted molar refractivity (Wildman–Crippen MR) is 64.5 cm³/mol. The summed E-state index contributed by atoms with van der Waals surface area (Å²) in [5.41, 5.74) is 1.86. The van der Waals surface area contributed by atoms with Crippen molar-refractivity contribution in [2.45, 2.75) is 19.8 Å². The fraction of sp³-hybridized carbons (Fsp3) is 0.417. The van der Waals surface area contributed by atoms with Crippen LogP contribution in [0, 0.1) is 6.92 Å². The van der Waals surface area contributed by atoms with Crippen molar-refractivity contribution in [2.75, 3.05) is 13.6 Å². The monoisotopic (exact) mass is 232 g/mol. The first kappa shape index (κ1) is 11.7. The number of nitrogens with zero attached hydrogens (tertiary/aromatic N) is 3. The van der Waals surface area contributed by atoms with Gasteiger partial charge in [0.1, 0.15) is 0 Å². The molecule has 5 heteroatoms. The molecule has 0 unspecified atom stereocenters. The maximum Gasteiger partial charge on any atom is 0.247 e. The van der Waals surface area contributed by atoms with Crippen molar-refractivity contribution in [2.24, 2.45) is 0 Å². The van der Waals surface area contributed by atoms with E-state index in [1.807, 2.05) is 26.1 Å². The quantitative estimate of drug-likeness (QED) is 0.793. The molecule has 0 aliphatic carbocycles. The van der Waals surface area contributed by atoms with Gasteiger partial charge in [0.15, 0.2) is 0 Å². The summed E-state index contributed by atoms with van der Waals surface area (Å²) in [5, 5.41) is 11.2. The smallest absolute Gasteiger partial charge is 0.247 e. The lowest BCUT2D eigenvalue weighted by molar-refractivity contribution is 0.494. The van der Waals surface area contributed by atoms with Crippen molar-refractivity contribution in [1.82, 2.24) is 20.5 Å². The van der Waals surface area contributed by atoms with E-state index in [1.54, 1.807) is 6.20 Å². The normalized spacial score (nSPS) is 10.7. The molecule has 90 valence electrons. The van der Waals surface area contributed by atoms with Crippen LogP contribution in [0.25, 0.3) is 11.5 Å². The Hall–Kier alpha value is -1.75. The topological polar surface area (TPSA) is 63.8 Å². The van der Waals surface area contributed by atoms with Crippen LogP contribution in [-0.4, -0.2) is 28.8 Å². The molecule has 2 heterocycles. The number of hydrogen-bond acceptors (Lipinski definition) is 5. The van der Waals surface area contributed by atoms with E-state index in [2.05, 4.69) is 20.5 Å². The third kappa shape index (κ3) is 3.10. The average Bonchev–Trinajstić information content (AvgIpc) is 2.78. The lowest BCUT2D eigenvalue weighted by Gasteiger charge is -1.96. The Morgan fingerprint density at radius 1 is 1.35 bits per heavy atom. The maximum absolute atomic E-state index is 5.59. The van der Waals surface area contributed by atoms with E-state index in [4.69, 9.17) is 4.42 Å². The Morgan fingerprint density at radius 2 is 2.24 bits per heavy atom. The number of aryl methyl sites for hydroxylation is 2. The van der Waals surface area contributed by atoms with Crippen molar-refractivity contribution >= 4 is 0 Å². The van der Waals surface area contributed by atoms with Gasteiger partial charge >= 0.3 is 0 Å². The highest BCUT2D eigenvalue weighted by Gasteiger charge is 2.08. The van der Waals surface area contributed by atoms with Crippen LogP contribution in [0.15, 0.2) is 22.7 Å². The first-order chi connectivity index (χ1) is 8.29. The minimum atomic E-state index is 0.565. The van der Waals surface area contributed by atoms with Crippen LogP contribution in [0.1, 0.15) is 18.0 Å². The molecule has 1 N–H and O–H groups in total. The molecule has 2 aromatic heterocycles. The summed E-state index contributed by atoms with van der Waals surface area (Å²) in [5.74, 6) is 1.25. The van der Waals surface area contributed by atoms with Crippen molar-refractivity contribution in [3.63, 3.8) is 0 Å². The van der Waals surface area contributed by atoms with Gasteiger partial charge in [-0.05, 0) is 39.1 Å². The van der Waals surface area contributed by atoms with E-state index in [9.17, 15) is 0 Å². The molecular weight excluding hydrogens is 216 g/mol. The van der Waals surface area contributed by atoms with E-state index in [0.29, 0.717) is 11.8 Å². The summed E-state index contributed by atoms with van der Waals surface area (Å²) in [6.07, 6.45) is 3.54. The van der Waals surface area contributed by atoms with E-state index >= 15 is 0 Å². The molecule has 0 aromatic carbocycles. The molecular formula is C12H16N4O. The van der Waals surface area contributed by atoms with Gasteiger partial charge in [-0.25, -0.2) is 0 Å². The Kier molecular flexibility index (Phi) is 3.82. The Balaban J connectivity index is 2.07. The molecule has 0 spiro atoms. The molecule has 0 fully saturated rings. The molecule has 0 saturated carbocycles. The second kappa shape index (κ2) is 5.54. The summed E-state index contributed by atoms with van der Waals surface area (Å²) >= 11 is 0. The summed E-state index contributed by atoms with van der Waals surface area (Å²) in [4.78, 5) is 4.13. The van der Waals surface area contributed by atoms with Gasteiger partial charge in [-0.3, -0.25) is 4.98 Å². The molecule has 0 bridgehead atoms. The lowest BCUT2D eigenvalue weighted by atomic mass is 10.2. The lowest BCUT2D eigenvalue weighted by Crippen LogP contribution is -2.08. The summed E-state index contributed by atoms with van der Waals surface area (Å²) in [6, 6.07) is 3.81. The van der Waals surface area contributed by atoms with Crippen LogP contribution < -0.4 is 5.32 Å². The van der Waals surface area contributed by atoms with Gasteiger partial charge in [-0.1, -0.05) is 0 Å². The molecule has 0 atom stereocenters. The van der Waals surface area contributed by atoms with Gasteiger partial charge in [-0.15, -0.1) is 10.2 Å². The van der Waals surface area contributed by atoms with Gasteiger partial charge in [0.2, 0.25) is 11.8 Å². The number of aromatic nitrogens is 3. The Labute approximate surface area is 100 Å². The third-order valence-corrected chi connectivity index (χ3v) is 2.43. The Morgan fingerprint density at radius 3 is 3.00 bits per heavy atom. The van der Waals surface area contributed by atoms with E-state index < -0.39 is 0 Å². The summed E-state index contributed by atoms with van der Waals surface area (Å²) in [6.45, 7) is 2.89. The minimum Gasteiger partial charge on any atom is -0.421 e. The van der Waals surface area contributed by atoms with E-state index in [0.717, 1.165) is 30.6 Å². The van der Waals surface area contributed by atoms with Crippen LogP contribution in [0.3, 0.4) is 0 Å². The summed E-state index contributed by atoms with van der Waals surface area (Å²) in [7, 11) is 1.93. The maximum atomic E-state index is 5.59. The van der Waals surface area contributed by atoms with Crippen LogP contribution in [0.2, 0.25) is 0 Å². The zero-order valence-corrected chi connectivity index (χ0v) is 10.1. The average molecular weight is 232 g/mol. The largest absolute Gasteiger partial charge is 0.421 e. The first-order valence-electron chi connectivity index (χ1n) is 5.69. The number of hydrogen-bond donors (Lipinski definition) is 1. The van der Waals surface area contributed by atoms with E-state index in [1.165, 1.54) is 0 Å². The molecule has 5 nitrogen and oxygen atoms in total. The molecule has 2 rings (SSSR count). The molecule has 2 aromatic rings. The second-order valence-corrected chi connectivity index (χ2v) is 3.89. The van der Waals surface area contributed by atoms with Crippen LogP contribution >= 0.6 is 0 Å². The van der Waals surface area contributed by atoms with Crippen molar-refractivity contribution in [3.8, 4) is 11.5 Å². The molecule has 0 amide bonds. The van der Waals surface area contributed by atoms with Crippen LogP contribution in [0.4, 0.5) is 0 Å². The molecule has 17 heavy (non-hydrogen) atoms. The van der Waals surface area contributed by atoms with Gasteiger partial charge in [0.25, 0.3) is 0 Å². The third-order valence-electron chi connectivity index (χ3n) is 2.43. The highest BCUT2D eigenvalue weighted by molar-refractivity contribution is 5.52. The predicted octanol–water partition coefficient (Wildman–Crippen LogP) is 1.59. The molecule has 0 saturated heterocycles. The standard InChI is InChI=1S/C12H16N4O/c1-9-8-10(5-7-14-9)12-16-15-11(17-12)4-3-6-13-2/h5,7-8,13H,3-4,6H2,1-2H3. The highest BCUT2D eigenvalue weighted by atomic mass is 16.4. The highest BCUT2D eigenvalue weighted by Crippen LogP contribution is 2.18. The molecule has 0 aliphatic rings. The number of pyridine rings is 1. The van der Waals surface area contributed by atoms with Crippen molar-refractivity contribution in [3.05, 3.63) is 29.9 Å². The molecule has 0 aliphatic heterocycles.